The molecular formula is C15H17N3O4S. The Balaban J connectivity index is 2.10. The zero-order valence-electron chi connectivity index (χ0n) is 12.6. The Bertz CT molecular complexity index is 843. The number of rotatable bonds is 4. The third-order valence-corrected chi connectivity index (χ3v) is 5.81. The number of aromatic carboxylic acids is 1. The summed E-state index contributed by atoms with van der Waals surface area (Å²) in [6.07, 6.45) is 0.434. The van der Waals surface area contributed by atoms with Crippen molar-refractivity contribution < 1.29 is 18.3 Å². The molecule has 0 saturated heterocycles. The number of hydrogen-bond acceptors (Lipinski definition) is 4. The van der Waals surface area contributed by atoms with Gasteiger partial charge in [-0.05, 0) is 19.1 Å². The predicted octanol–water partition coefficient (Wildman–Crippen LogP) is 1.28. The lowest BCUT2D eigenvalue weighted by atomic mass is 10.1. The molecule has 23 heavy (non-hydrogen) atoms. The van der Waals surface area contributed by atoms with Crippen molar-refractivity contribution in [2.45, 2.75) is 19.9 Å². The largest absolute Gasteiger partial charge is 0.476 e. The van der Waals surface area contributed by atoms with Crippen LogP contribution in [0, 0.1) is 0 Å². The first kappa shape index (κ1) is 15.7. The lowest BCUT2D eigenvalue weighted by Gasteiger charge is -2.26. The summed E-state index contributed by atoms with van der Waals surface area (Å²) < 4.78 is 27.1. The summed E-state index contributed by atoms with van der Waals surface area (Å²) in [7, 11) is -3.36. The van der Waals surface area contributed by atoms with Crippen molar-refractivity contribution in [2.75, 3.05) is 12.3 Å². The molecule has 122 valence electrons. The number of nitrogens with zero attached hydrogens (tertiary/aromatic N) is 3. The standard InChI is InChI=1S/C15H17N3O4S/c1-2-23(21,22)17-9-8-13-12(10-17)14(15(19)20)16-18(13)11-6-4-3-5-7-11/h3-7H,2,8-10H2,1H3,(H,19,20). The fourth-order valence-corrected chi connectivity index (χ4v) is 3.83. The van der Waals surface area contributed by atoms with E-state index in [-0.39, 0.29) is 18.0 Å². The van der Waals surface area contributed by atoms with E-state index in [2.05, 4.69) is 5.10 Å². The van der Waals surface area contributed by atoms with Gasteiger partial charge in [-0.3, -0.25) is 0 Å². The summed E-state index contributed by atoms with van der Waals surface area (Å²) in [4.78, 5) is 11.5. The summed E-state index contributed by atoms with van der Waals surface area (Å²) in [5.41, 5.74) is 1.92. The van der Waals surface area contributed by atoms with Crippen molar-refractivity contribution in [3.63, 3.8) is 0 Å². The molecule has 0 fully saturated rings. The van der Waals surface area contributed by atoms with E-state index in [0.717, 1.165) is 11.4 Å². The van der Waals surface area contributed by atoms with E-state index < -0.39 is 16.0 Å². The smallest absolute Gasteiger partial charge is 0.356 e. The van der Waals surface area contributed by atoms with Gasteiger partial charge in [0.15, 0.2) is 5.69 Å². The summed E-state index contributed by atoms with van der Waals surface area (Å²) in [6.45, 7) is 1.97. The highest BCUT2D eigenvalue weighted by molar-refractivity contribution is 7.89. The Morgan fingerprint density at radius 3 is 2.61 bits per heavy atom. The van der Waals surface area contributed by atoms with Gasteiger partial charge in [-0.2, -0.15) is 9.40 Å². The SMILES string of the molecule is CCS(=O)(=O)N1CCc2c(c(C(=O)O)nn2-c2ccccc2)C1. The molecule has 0 saturated carbocycles. The van der Waals surface area contributed by atoms with Gasteiger partial charge in [0, 0.05) is 25.1 Å². The van der Waals surface area contributed by atoms with Gasteiger partial charge in [0.1, 0.15) is 0 Å². The van der Waals surface area contributed by atoms with Gasteiger partial charge in [0.25, 0.3) is 0 Å². The highest BCUT2D eigenvalue weighted by atomic mass is 32.2. The molecule has 0 spiro atoms. The number of hydrogen-bond donors (Lipinski definition) is 1. The molecule has 1 aromatic carbocycles. The first-order chi connectivity index (χ1) is 10.9. The Kier molecular flexibility index (Phi) is 3.95. The van der Waals surface area contributed by atoms with Crippen LogP contribution in [0.15, 0.2) is 30.3 Å². The number of sulfonamides is 1. The zero-order valence-corrected chi connectivity index (χ0v) is 13.5. The van der Waals surface area contributed by atoms with Crippen LogP contribution in [0.3, 0.4) is 0 Å². The normalized spacial score (nSPS) is 15.3. The number of para-hydroxylation sites is 1. The average molecular weight is 335 g/mol. The second-order valence-electron chi connectivity index (χ2n) is 5.31. The minimum atomic E-state index is -3.36. The van der Waals surface area contributed by atoms with Crippen LogP contribution >= 0.6 is 0 Å². The fraction of sp³-hybridized carbons (Fsp3) is 0.333. The van der Waals surface area contributed by atoms with Crippen LogP contribution in [0.4, 0.5) is 0 Å². The van der Waals surface area contributed by atoms with E-state index in [4.69, 9.17) is 0 Å². The van der Waals surface area contributed by atoms with Crippen molar-refractivity contribution in [1.29, 1.82) is 0 Å². The Morgan fingerprint density at radius 1 is 1.30 bits per heavy atom. The van der Waals surface area contributed by atoms with Gasteiger partial charge < -0.3 is 5.11 Å². The van der Waals surface area contributed by atoms with Crippen LogP contribution in [-0.4, -0.2) is 45.9 Å². The molecule has 0 atom stereocenters. The molecule has 0 unspecified atom stereocenters. The van der Waals surface area contributed by atoms with Gasteiger partial charge >= 0.3 is 5.97 Å². The molecule has 0 amide bonds. The fourth-order valence-electron chi connectivity index (χ4n) is 2.77. The van der Waals surface area contributed by atoms with Gasteiger partial charge in [0.05, 0.1) is 17.1 Å². The maximum atomic E-state index is 12.1. The van der Waals surface area contributed by atoms with Gasteiger partial charge in [0.2, 0.25) is 10.0 Å². The summed E-state index contributed by atoms with van der Waals surface area (Å²) in [5.74, 6) is -1.15. The van der Waals surface area contributed by atoms with E-state index in [1.807, 2.05) is 30.3 Å². The molecule has 0 radical (unpaired) electrons. The Hall–Kier alpha value is -2.19. The van der Waals surface area contributed by atoms with Gasteiger partial charge in [-0.15, -0.1) is 0 Å². The van der Waals surface area contributed by atoms with Crippen LogP contribution in [0.1, 0.15) is 28.7 Å². The summed E-state index contributed by atoms with van der Waals surface area (Å²) in [5, 5.41) is 13.6. The van der Waals surface area contributed by atoms with Crippen LogP contribution in [0.2, 0.25) is 0 Å². The molecule has 1 aromatic heterocycles. The molecule has 1 N–H and O–H groups in total. The first-order valence-corrected chi connectivity index (χ1v) is 8.92. The minimum absolute atomic E-state index is 0.00242. The molecule has 0 aliphatic carbocycles. The zero-order chi connectivity index (χ0) is 16.6. The van der Waals surface area contributed by atoms with Crippen molar-refractivity contribution >= 4 is 16.0 Å². The highest BCUT2D eigenvalue weighted by Gasteiger charge is 2.32. The second-order valence-corrected chi connectivity index (χ2v) is 7.57. The van der Waals surface area contributed by atoms with Crippen molar-refractivity contribution in [2.24, 2.45) is 0 Å². The molecule has 1 aliphatic heterocycles. The predicted molar refractivity (Wildman–Crippen MR) is 84.1 cm³/mol. The average Bonchev–Trinajstić information content (AvgIpc) is 2.94. The maximum Gasteiger partial charge on any atom is 0.356 e. The van der Waals surface area contributed by atoms with Gasteiger partial charge in [-0.25, -0.2) is 17.9 Å². The van der Waals surface area contributed by atoms with Crippen LogP contribution in [0.25, 0.3) is 5.69 Å². The molecule has 2 heterocycles. The Labute approximate surface area is 134 Å². The van der Waals surface area contributed by atoms with Crippen molar-refractivity contribution in [3.8, 4) is 5.69 Å². The molecule has 3 rings (SSSR count). The number of carbonyl (C=O) groups is 1. The monoisotopic (exact) mass is 335 g/mol. The van der Waals surface area contributed by atoms with E-state index in [9.17, 15) is 18.3 Å². The third kappa shape index (κ3) is 2.75. The summed E-state index contributed by atoms with van der Waals surface area (Å²) in [6, 6.07) is 9.25. The van der Waals surface area contributed by atoms with Crippen molar-refractivity contribution in [3.05, 3.63) is 47.3 Å². The van der Waals surface area contributed by atoms with E-state index in [0.29, 0.717) is 18.5 Å². The Morgan fingerprint density at radius 2 is 2.00 bits per heavy atom. The minimum Gasteiger partial charge on any atom is -0.476 e. The molecule has 0 bridgehead atoms. The van der Waals surface area contributed by atoms with Crippen molar-refractivity contribution in [1.82, 2.24) is 14.1 Å². The van der Waals surface area contributed by atoms with Crippen LogP contribution in [0.5, 0.6) is 0 Å². The molecule has 7 nitrogen and oxygen atoms in total. The second kappa shape index (κ2) is 5.78. The molecule has 1 aliphatic rings. The number of carboxylic acid groups (broad SMARTS) is 1. The number of aromatic nitrogens is 2. The third-order valence-electron chi connectivity index (χ3n) is 3.98. The quantitative estimate of drug-likeness (QED) is 0.908. The van der Waals surface area contributed by atoms with E-state index >= 15 is 0 Å². The molecular weight excluding hydrogens is 318 g/mol. The number of carboxylic acids is 1. The number of benzene rings is 1. The van der Waals surface area contributed by atoms with E-state index in [1.165, 1.54) is 4.31 Å². The topological polar surface area (TPSA) is 92.5 Å². The van der Waals surface area contributed by atoms with Crippen LogP contribution in [-0.2, 0) is 23.0 Å². The van der Waals surface area contributed by atoms with E-state index in [1.54, 1.807) is 11.6 Å². The number of fused-ring (bicyclic) bond motifs is 1. The molecule has 2 aromatic rings. The van der Waals surface area contributed by atoms with Gasteiger partial charge in [-0.1, -0.05) is 18.2 Å². The lowest BCUT2D eigenvalue weighted by Crippen LogP contribution is -2.37. The van der Waals surface area contributed by atoms with Crippen LogP contribution < -0.4 is 0 Å². The maximum absolute atomic E-state index is 12.1. The first-order valence-electron chi connectivity index (χ1n) is 7.31. The lowest BCUT2D eigenvalue weighted by molar-refractivity contribution is 0.0688. The summed E-state index contributed by atoms with van der Waals surface area (Å²) >= 11 is 0. The molecule has 8 heteroatoms. The highest BCUT2D eigenvalue weighted by Crippen LogP contribution is 2.27.